The van der Waals surface area contributed by atoms with Gasteiger partial charge in [0, 0.05) is 19.6 Å². The van der Waals surface area contributed by atoms with Gasteiger partial charge in [-0.2, -0.15) is 5.10 Å². The van der Waals surface area contributed by atoms with Gasteiger partial charge in [-0.05, 0) is 62.2 Å². The number of carbonyl (C=O) groups excluding carboxylic acids is 1. The summed E-state index contributed by atoms with van der Waals surface area (Å²) in [4.78, 5) is 16.4. The highest BCUT2D eigenvalue weighted by molar-refractivity contribution is 7.13. The van der Waals surface area contributed by atoms with Crippen LogP contribution < -0.4 is 5.32 Å². The van der Waals surface area contributed by atoms with E-state index >= 15 is 0 Å². The Balaban J connectivity index is 1.40. The maximum atomic E-state index is 12.7. The minimum Gasteiger partial charge on any atom is -0.350 e. The lowest BCUT2D eigenvalue weighted by Crippen LogP contribution is -2.51. The Morgan fingerprint density at radius 1 is 1.32 bits per heavy atom. The number of aryl methyl sites for hydroxylation is 1. The van der Waals surface area contributed by atoms with Gasteiger partial charge in [0.1, 0.15) is 11.4 Å². The Morgan fingerprint density at radius 3 is 3.04 bits per heavy atom. The fourth-order valence-electron chi connectivity index (χ4n) is 4.35. The number of piperidine rings is 2. The number of nitrogens with one attached hydrogen (secondary N) is 1. The van der Waals surface area contributed by atoms with E-state index in [-0.39, 0.29) is 5.91 Å². The van der Waals surface area contributed by atoms with Crippen molar-refractivity contribution in [2.45, 2.75) is 38.1 Å². The van der Waals surface area contributed by atoms with Crippen molar-refractivity contribution in [1.29, 1.82) is 0 Å². The molecule has 2 fully saturated rings. The summed E-state index contributed by atoms with van der Waals surface area (Å²) in [5.74, 6) is 0.578. The molecule has 2 aromatic rings. The van der Waals surface area contributed by atoms with Crippen LogP contribution in [0.2, 0.25) is 0 Å². The van der Waals surface area contributed by atoms with Crippen molar-refractivity contribution < 1.29 is 4.79 Å². The van der Waals surface area contributed by atoms with Gasteiger partial charge in [-0.25, -0.2) is 0 Å². The Morgan fingerprint density at radius 2 is 2.20 bits per heavy atom. The minimum absolute atomic E-state index is 0.00857. The zero-order valence-electron chi connectivity index (χ0n) is 14.8. The van der Waals surface area contributed by atoms with Crippen LogP contribution in [0.1, 0.15) is 42.6 Å². The van der Waals surface area contributed by atoms with Crippen molar-refractivity contribution in [2.75, 3.05) is 19.6 Å². The zero-order valence-corrected chi connectivity index (χ0v) is 15.6. The Kier molecular flexibility index (Phi) is 4.90. The molecular formula is C19H26N4OS. The summed E-state index contributed by atoms with van der Waals surface area (Å²) in [7, 11) is 1.84. The molecule has 6 heteroatoms. The number of hydrogen-bond acceptors (Lipinski definition) is 4. The normalized spacial score (nSPS) is 24.0. The molecule has 2 aromatic heterocycles. The number of fused-ring (bicyclic) bond motifs is 1. The van der Waals surface area contributed by atoms with E-state index in [1.165, 1.54) is 45.2 Å². The Hall–Kier alpha value is -1.66. The molecule has 0 aromatic carbocycles. The quantitative estimate of drug-likeness (QED) is 0.913. The molecule has 2 aliphatic rings. The van der Waals surface area contributed by atoms with Gasteiger partial charge in [-0.3, -0.25) is 9.48 Å². The lowest BCUT2D eigenvalue weighted by molar-refractivity contribution is 0.0574. The standard InChI is InChI=1S/C19H26N4OS/c1-22-17(12-15(21-22)18-8-5-11-25-18)19(24)20-13-14-6-4-10-23-9-3-2-7-16(14)23/h5,8,11-12,14,16H,2-4,6-7,9-10,13H2,1H3,(H,20,24). The maximum Gasteiger partial charge on any atom is 0.269 e. The molecule has 2 unspecified atom stereocenters. The summed E-state index contributed by atoms with van der Waals surface area (Å²) in [6.07, 6.45) is 6.43. The summed E-state index contributed by atoms with van der Waals surface area (Å²) in [6.45, 7) is 3.25. The third kappa shape index (κ3) is 3.51. The molecule has 0 bridgehead atoms. The second-order valence-corrected chi connectivity index (χ2v) is 8.17. The topological polar surface area (TPSA) is 50.2 Å². The summed E-state index contributed by atoms with van der Waals surface area (Å²) in [6, 6.07) is 6.60. The SMILES string of the molecule is Cn1nc(-c2cccs2)cc1C(=O)NCC1CCCN2CCCCC12. The van der Waals surface area contributed by atoms with Gasteiger partial charge in [0.05, 0.1) is 4.88 Å². The van der Waals surface area contributed by atoms with Gasteiger partial charge in [0.2, 0.25) is 0 Å². The average Bonchev–Trinajstić information content (AvgIpc) is 3.29. The third-order valence-electron chi connectivity index (χ3n) is 5.64. The molecule has 1 N–H and O–H groups in total. The Bertz CT molecular complexity index is 722. The van der Waals surface area contributed by atoms with Crippen LogP contribution in [0.4, 0.5) is 0 Å². The van der Waals surface area contributed by atoms with Crippen molar-refractivity contribution in [3.63, 3.8) is 0 Å². The van der Waals surface area contributed by atoms with Crippen LogP contribution >= 0.6 is 11.3 Å². The first kappa shape index (κ1) is 16.8. The van der Waals surface area contributed by atoms with Crippen molar-refractivity contribution in [1.82, 2.24) is 20.0 Å². The molecule has 0 aliphatic carbocycles. The van der Waals surface area contributed by atoms with Crippen LogP contribution in [0.5, 0.6) is 0 Å². The summed E-state index contributed by atoms with van der Waals surface area (Å²) in [5.41, 5.74) is 1.51. The van der Waals surface area contributed by atoms with E-state index in [0.29, 0.717) is 17.7 Å². The second kappa shape index (κ2) is 7.30. The first-order valence-electron chi connectivity index (χ1n) is 9.32. The van der Waals surface area contributed by atoms with Gasteiger partial charge in [0.15, 0.2) is 0 Å². The van der Waals surface area contributed by atoms with E-state index in [0.717, 1.165) is 17.1 Å². The van der Waals surface area contributed by atoms with Crippen LogP contribution in [-0.4, -0.2) is 46.3 Å². The van der Waals surface area contributed by atoms with E-state index in [1.54, 1.807) is 16.0 Å². The average molecular weight is 359 g/mol. The summed E-state index contributed by atoms with van der Waals surface area (Å²) in [5, 5.41) is 9.70. The zero-order chi connectivity index (χ0) is 17.2. The summed E-state index contributed by atoms with van der Waals surface area (Å²) < 4.78 is 1.69. The lowest BCUT2D eigenvalue weighted by Gasteiger charge is -2.44. The number of aromatic nitrogens is 2. The van der Waals surface area contributed by atoms with Crippen molar-refractivity contribution >= 4 is 17.2 Å². The van der Waals surface area contributed by atoms with Gasteiger partial charge < -0.3 is 10.2 Å². The van der Waals surface area contributed by atoms with Crippen LogP contribution in [0.15, 0.2) is 23.6 Å². The van der Waals surface area contributed by atoms with E-state index in [1.807, 2.05) is 30.6 Å². The molecule has 4 heterocycles. The molecule has 1 amide bonds. The van der Waals surface area contributed by atoms with E-state index < -0.39 is 0 Å². The smallest absolute Gasteiger partial charge is 0.269 e. The van der Waals surface area contributed by atoms with Crippen LogP contribution in [-0.2, 0) is 7.05 Å². The predicted octanol–water partition coefficient (Wildman–Crippen LogP) is 3.14. The van der Waals surface area contributed by atoms with Crippen molar-refractivity contribution in [3.8, 4) is 10.6 Å². The first-order valence-corrected chi connectivity index (χ1v) is 10.2. The second-order valence-electron chi connectivity index (χ2n) is 7.23. The lowest BCUT2D eigenvalue weighted by atomic mass is 9.83. The van der Waals surface area contributed by atoms with Crippen LogP contribution in [0.3, 0.4) is 0 Å². The molecule has 4 rings (SSSR count). The molecule has 2 saturated heterocycles. The fraction of sp³-hybridized carbons (Fsp3) is 0.579. The largest absolute Gasteiger partial charge is 0.350 e. The van der Waals surface area contributed by atoms with E-state index in [9.17, 15) is 4.79 Å². The Labute approximate surface area is 153 Å². The monoisotopic (exact) mass is 358 g/mol. The molecule has 0 radical (unpaired) electrons. The number of amides is 1. The predicted molar refractivity (Wildman–Crippen MR) is 101 cm³/mol. The van der Waals surface area contributed by atoms with Crippen LogP contribution in [0.25, 0.3) is 10.6 Å². The van der Waals surface area contributed by atoms with Gasteiger partial charge in [-0.15, -0.1) is 11.3 Å². The van der Waals surface area contributed by atoms with Crippen molar-refractivity contribution in [2.24, 2.45) is 13.0 Å². The van der Waals surface area contributed by atoms with Gasteiger partial charge in [0.25, 0.3) is 5.91 Å². The van der Waals surface area contributed by atoms with E-state index in [2.05, 4.69) is 15.3 Å². The molecule has 0 saturated carbocycles. The van der Waals surface area contributed by atoms with Gasteiger partial charge >= 0.3 is 0 Å². The van der Waals surface area contributed by atoms with Crippen molar-refractivity contribution in [3.05, 3.63) is 29.3 Å². The number of hydrogen-bond donors (Lipinski definition) is 1. The molecule has 2 aliphatic heterocycles. The minimum atomic E-state index is -0.00857. The number of thiophene rings is 1. The highest BCUT2D eigenvalue weighted by atomic mass is 32.1. The summed E-state index contributed by atoms with van der Waals surface area (Å²) >= 11 is 1.65. The number of carbonyl (C=O) groups is 1. The van der Waals surface area contributed by atoms with Crippen LogP contribution in [0, 0.1) is 5.92 Å². The molecular weight excluding hydrogens is 332 g/mol. The highest BCUT2D eigenvalue weighted by Gasteiger charge is 2.33. The molecule has 25 heavy (non-hydrogen) atoms. The third-order valence-corrected chi connectivity index (χ3v) is 6.53. The van der Waals surface area contributed by atoms with E-state index in [4.69, 9.17) is 0 Å². The number of rotatable bonds is 4. The van der Waals surface area contributed by atoms with Gasteiger partial charge in [-0.1, -0.05) is 12.5 Å². The molecule has 2 atom stereocenters. The maximum absolute atomic E-state index is 12.7. The molecule has 5 nitrogen and oxygen atoms in total. The number of nitrogens with zero attached hydrogens (tertiary/aromatic N) is 3. The fourth-order valence-corrected chi connectivity index (χ4v) is 5.04. The molecule has 134 valence electrons. The molecule has 0 spiro atoms. The first-order chi connectivity index (χ1) is 12.2. The highest BCUT2D eigenvalue weighted by Crippen LogP contribution is 2.30.